The highest BCUT2D eigenvalue weighted by atomic mass is 19.4. The minimum Gasteiger partial charge on any atom is -0.508 e. The van der Waals surface area contributed by atoms with Gasteiger partial charge in [0.1, 0.15) is 17.3 Å². The van der Waals surface area contributed by atoms with Crippen LogP contribution < -0.4 is 4.74 Å². The SMILES string of the molecule is Oc1ccc(F)c(-c2cccc(OC(F)(F)F)c2)c1. The number of rotatable bonds is 2. The van der Waals surface area contributed by atoms with Crippen LogP contribution in [0.2, 0.25) is 0 Å². The Balaban J connectivity index is 2.40. The summed E-state index contributed by atoms with van der Waals surface area (Å²) >= 11 is 0. The van der Waals surface area contributed by atoms with Gasteiger partial charge in [-0.1, -0.05) is 12.1 Å². The summed E-state index contributed by atoms with van der Waals surface area (Å²) < 4.78 is 53.5. The van der Waals surface area contributed by atoms with Gasteiger partial charge in [-0.15, -0.1) is 13.2 Å². The Hall–Kier alpha value is -2.24. The Kier molecular flexibility index (Phi) is 3.33. The van der Waals surface area contributed by atoms with Crippen LogP contribution in [0.3, 0.4) is 0 Å². The summed E-state index contributed by atoms with van der Waals surface area (Å²) in [6.45, 7) is 0. The third-order valence-electron chi connectivity index (χ3n) is 2.33. The molecule has 2 aromatic rings. The van der Waals surface area contributed by atoms with Crippen LogP contribution in [-0.4, -0.2) is 11.5 Å². The van der Waals surface area contributed by atoms with E-state index in [0.29, 0.717) is 0 Å². The van der Waals surface area contributed by atoms with Gasteiger partial charge in [0, 0.05) is 5.56 Å². The molecule has 19 heavy (non-hydrogen) atoms. The minimum atomic E-state index is -4.81. The molecule has 0 fully saturated rings. The van der Waals surface area contributed by atoms with Gasteiger partial charge >= 0.3 is 6.36 Å². The van der Waals surface area contributed by atoms with Gasteiger partial charge in [0.05, 0.1) is 0 Å². The van der Waals surface area contributed by atoms with Crippen molar-refractivity contribution in [2.75, 3.05) is 0 Å². The van der Waals surface area contributed by atoms with Gasteiger partial charge in [0.25, 0.3) is 0 Å². The Morgan fingerprint density at radius 1 is 1.00 bits per heavy atom. The molecule has 0 amide bonds. The van der Waals surface area contributed by atoms with Crippen LogP contribution >= 0.6 is 0 Å². The van der Waals surface area contributed by atoms with E-state index < -0.39 is 17.9 Å². The maximum atomic E-state index is 13.6. The van der Waals surface area contributed by atoms with Crippen molar-refractivity contribution in [3.05, 3.63) is 48.3 Å². The molecule has 0 aliphatic heterocycles. The summed E-state index contributed by atoms with van der Waals surface area (Å²) in [4.78, 5) is 0. The first kappa shape index (κ1) is 13.2. The van der Waals surface area contributed by atoms with Crippen LogP contribution in [-0.2, 0) is 0 Å². The predicted octanol–water partition coefficient (Wildman–Crippen LogP) is 4.10. The molecule has 0 saturated carbocycles. The molecule has 2 aromatic carbocycles. The number of phenolic OH excluding ortho intramolecular Hbond substituents is 1. The van der Waals surface area contributed by atoms with E-state index in [9.17, 15) is 22.7 Å². The molecule has 2 nitrogen and oxygen atoms in total. The molecule has 0 heterocycles. The van der Waals surface area contributed by atoms with Crippen LogP contribution in [0.4, 0.5) is 17.6 Å². The zero-order valence-electron chi connectivity index (χ0n) is 9.41. The molecule has 0 unspecified atom stereocenters. The quantitative estimate of drug-likeness (QED) is 0.834. The molecule has 100 valence electrons. The van der Waals surface area contributed by atoms with Crippen molar-refractivity contribution < 1.29 is 27.4 Å². The molecule has 0 radical (unpaired) electrons. The van der Waals surface area contributed by atoms with E-state index in [1.807, 2.05) is 0 Å². The lowest BCUT2D eigenvalue weighted by molar-refractivity contribution is -0.274. The van der Waals surface area contributed by atoms with Gasteiger partial charge in [-0.05, 0) is 35.9 Å². The fourth-order valence-electron chi connectivity index (χ4n) is 1.60. The molecule has 0 aliphatic carbocycles. The van der Waals surface area contributed by atoms with E-state index in [1.54, 1.807) is 0 Å². The molecular formula is C13H8F4O2. The average Bonchev–Trinajstić information content (AvgIpc) is 2.30. The number of hydrogen-bond donors (Lipinski definition) is 1. The summed E-state index contributed by atoms with van der Waals surface area (Å²) in [6.07, 6.45) is -4.81. The smallest absolute Gasteiger partial charge is 0.508 e. The molecule has 0 aliphatic rings. The Morgan fingerprint density at radius 2 is 1.74 bits per heavy atom. The first-order valence-corrected chi connectivity index (χ1v) is 5.20. The second-order valence-corrected chi connectivity index (χ2v) is 3.74. The van der Waals surface area contributed by atoms with E-state index in [-0.39, 0.29) is 16.9 Å². The molecule has 2 rings (SSSR count). The van der Waals surface area contributed by atoms with E-state index in [2.05, 4.69) is 4.74 Å². The van der Waals surface area contributed by atoms with Crippen LogP contribution in [0.5, 0.6) is 11.5 Å². The van der Waals surface area contributed by atoms with Crippen molar-refractivity contribution in [2.45, 2.75) is 6.36 Å². The summed E-state index contributed by atoms with van der Waals surface area (Å²) in [6, 6.07) is 8.18. The number of alkyl halides is 3. The van der Waals surface area contributed by atoms with Crippen LogP contribution in [0.1, 0.15) is 0 Å². The number of benzene rings is 2. The third kappa shape index (κ3) is 3.37. The number of ether oxygens (including phenoxy) is 1. The first-order chi connectivity index (χ1) is 8.85. The van der Waals surface area contributed by atoms with Crippen LogP contribution in [0, 0.1) is 5.82 Å². The van der Waals surface area contributed by atoms with Gasteiger partial charge in [-0.3, -0.25) is 0 Å². The van der Waals surface area contributed by atoms with Crippen molar-refractivity contribution in [1.82, 2.24) is 0 Å². The lowest BCUT2D eigenvalue weighted by atomic mass is 10.0. The van der Waals surface area contributed by atoms with E-state index in [0.717, 1.165) is 30.3 Å². The van der Waals surface area contributed by atoms with Crippen molar-refractivity contribution in [2.24, 2.45) is 0 Å². The molecule has 0 atom stereocenters. The summed E-state index contributed by atoms with van der Waals surface area (Å²) in [5, 5.41) is 9.28. The number of aromatic hydroxyl groups is 1. The fraction of sp³-hybridized carbons (Fsp3) is 0.0769. The number of phenols is 1. The van der Waals surface area contributed by atoms with Gasteiger partial charge in [-0.2, -0.15) is 0 Å². The summed E-state index contributed by atoms with van der Waals surface area (Å²) in [5.41, 5.74) is 0.169. The van der Waals surface area contributed by atoms with Gasteiger partial charge in [-0.25, -0.2) is 4.39 Å². The topological polar surface area (TPSA) is 29.5 Å². The first-order valence-electron chi connectivity index (χ1n) is 5.20. The second-order valence-electron chi connectivity index (χ2n) is 3.74. The lowest BCUT2D eigenvalue weighted by Crippen LogP contribution is -2.17. The predicted molar refractivity (Wildman–Crippen MR) is 60.2 cm³/mol. The molecule has 0 bridgehead atoms. The second kappa shape index (κ2) is 4.79. The number of halogens is 4. The maximum absolute atomic E-state index is 13.6. The molecule has 0 aromatic heterocycles. The Bertz CT molecular complexity index is 593. The molecule has 0 spiro atoms. The van der Waals surface area contributed by atoms with Crippen LogP contribution in [0.15, 0.2) is 42.5 Å². The highest BCUT2D eigenvalue weighted by Gasteiger charge is 2.31. The molecular weight excluding hydrogens is 264 g/mol. The Labute approximate surface area is 105 Å². The van der Waals surface area contributed by atoms with Gasteiger partial charge < -0.3 is 9.84 Å². The van der Waals surface area contributed by atoms with Gasteiger partial charge in [0.2, 0.25) is 0 Å². The average molecular weight is 272 g/mol. The lowest BCUT2D eigenvalue weighted by Gasteiger charge is -2.10. The molecule has 6 heteroatoms. The standard InChI is InChI=1S/C13H8F4O2/c14-12-5-4-9(18)7-11(12)8-2-1-3-10(6-8)19-13(15,16)17/h1-7,18H. The maximum Gasteiger partial charge on any atom is 0.573 e. The summed E-state index contributed by atoms with van der Waals surface area (Å²) in [7, 11) is 0. The Morgan fingerprint density at radius 3 is 2.42 bits per heavy atom. The van der Waals surface area contributed by atoms with Crippen LogP contribution in [0.25, 0.3) is 11.1 Å². The molecule has 1 N–H and O–H groups in total. The van der Waals surface area contributed by atoms with Crippen molar-refractivity contribution >= 4 is 0 Å². The largest absolute Gasteiger partial charge is 0.573 e. The molecule has 0 saturated heterocycles. The van der Waals surface area contributed by atoms with Crippen molar-refractivity contribution in [3.8, 4) is 22.6 Å². The fourth-order valence-corrected chi connectivity index (χ4v) is 1.60. The number of hydrogen-bond acceptors (Lipinski definition) is 2. The highest BCUT2D eigenvalue weighted by molar-refractivity contribution is 5.67. The van der Waals surface area contributed by atoms with E-state index in [4.69, 9.17) is 0 Å². The zero-order valence-corrected chi connectivity index (χ0v) is 9.41. The minimum absolute atomic E-state index is 0.00683. The highest BCUT2D eigenvalue weighted by Crippen LogP contribution is 2.31. The van der Waals surface area contributed by atoms with Crippen molar-refractivity contribution in [1.29, 1.82) is 0 Å². The normalized spacial score (nSPS) is 11.4. The van der Waals surface area contributed by atoms with E-state index >= 15 is 0 Å². The van der Waals surface area contributed by atoms with Gasteiger partial charge in [0.15, 0.2) is 0 Å². The third-order valence-corrected chi connectivity index (χ3v) is 2.33. The van der Waals surface area contributed by atoms with E-state index in [1.165, 1.54) is 12.1 Å². The van der Waals surface area contributed by atoms with Crippen molar-refractivity contribution in [3.63, 3.8) is 0 Å². The zero-order chi connectivity index (χ0) is 14.0. The summed E-state index contributed by atoms with van der Waals surface area (Å²) in [5.74, 6) is -1.28. The monoisotopic (exact) mass is 272 g/mol.